The molecule has 0 aliphatic rings. The molecule has 1 aromatic heterocycles. The van der Waals surface area contributed by atoms with Crippen LogP contribution in [-0.2, 0) is 6.42 Å². The minimum atomic E-state index is 0.219. The van der Waals surface area contributed by atoms with Crippen molar-refractivity contribution in [2.45, 2.75) is 46.6 Å². The van der Waals surface area contributed by atoms with Crippen LogP contribution in [0.4, 0.5) is 0 Å². The molecule has 0 fully saturated rings. The maximum absolute atomic E-state index is 5.48. The Bertz CT molecular complexity index is 539. The van der Waals surface area contributed by atoms with Gasteiger partial charge in [-0.2, -0.15) is 0 Å². The molecule has 0 aliphatic heterocycles. The van der Waals surface area contributed by atoms with Crippen molar-refractivity contribution in [3.63, 3.8) is 0 Å². The molecule has 1 N–H and O–H groups in total. The van der Waals surface area contributed by atoms with Crippen molar-refractivity contribution in [3.8, 4) is 0 Å². The quantitative estimate of drug-likeness (QED) is 0.784. The third-order valence-electron chi connectivity index (χ3n) is 3.77. The van der Waals surface area contributed by atoms with E-state index in [1.807, 2.05) is 6.92 Å². The molecule has 0 spiro atoms. The second-order valence-electron chi connectivity index (χ2n) is 6.16. The van der Waals surface area contributed by atoms with Gasteiger partial charge < -0.3 is 9.73 Å². The van der Waals surface area contributed by atoms with Gasteiger partial charge >= 0.3 is 0 Å². The summed E-state index contributed by atoms with van der Waals surface area (Å²) in [6.45, 7) is 9.74. The van der Waals surface area contributed by atoms with Gasteiger partial charge in [0.15, 0.2) is 0 Å². The van der Waals surface area contributed by atoms with Crippen LogP contribution in [0.5, 0.6) is 0 Å². The molecule has 0 amide bonds. The predicted molar refractivity (Wildman–Crippen MR) is 88.6 cm³/mol. The molecule has 0 saturated heterocycles. The van der Waals surface area contributed by atoms with Crippen molar-refractivity contribution in [1.82, 2.24) is 5.32 Å². The lowest BCUT2D eigenvalue weighted by molar-refractivity contribution is 0.517. The highest BCUT2D eigenvalue weighted by atomic mass is 16.3. The van der Waals surface area contributed by atoms with E-state index in [1.165, 1.54) is 16.7 Å². The molecular formula is C19H27NO. The summed E-state index contributed by atoms with van der Waals surface area (Å²) in [5.41, 5.74) is 3.95. The Morgan fingerprint density at radius 2 is 1.81 bits per heavy atom. The zero-order valence-corrected chi connectivity index (χ0v) is 13.6. The maximum atomic E-state index is 5.48. The van der Waals surface area contributed by atoms with Gasteiger partial charge in [-0.3, -0.25) is 0 Å². The van der Waals surface area contributed by atoms with Crippen molar-refractivity contribution >= 4 is 0 Å². The molecule has 114 valence electrons. The first-order valence-corrected chi connectivity index (χ1v) is 7.98. The van der Waals surface area contributed by atoms with Gasteiger partial charge in [0.05, 0.1) is 12.3 Å². The third-order valence-corrected chi connectivity index (χ3v) is 3.77. The lowest BCUT2D eigenvalue weighted by Gasteiger charge is -2.19. The van der Waals surface area contributed by atoms with Crippen LogP contribution < -0.4 is 5.32 Å². The van der Waals surface area contributed by atoms with Crippen LogP contribution in [0.3, 0.4) is 0 Å². The van der Waals surface area contributed by atoms with Gasteiger partial charge in [-0.25, -0.2) is 0 Å². The van der Waals surface area contributed by atoms with Crippen LogP contribution in [0, 0.1) is 12.8 Å². The first-order chi connectivity index (χ1) is 10.1. The van der Waals surface area contributed by atoms with E-state index in [1.54, 1.807) is 6.26 Å². The van der Waals surface area contributed by atoms with Crippen molar-refractivity contribution in [3.05, 3.63) is 59.0 Å². The molecule has 2 rings (SSSR count). The number of hydrogen-bond donors (Lipinski definition) is 1. The lowest BCUT2D eigenvalue weighted by Crippen LogP contribution is -2.23. The summed E-state index contributed by atoms with van der Waals surface area (Å²) in [6.07, 6.45) is 4.04. The van der Waals surface area contributed by atoms with E-state index in [4.69, 9.17) is 4.42 Å². The summed E-state index contributed by atoms with van der Waals surface area (Å²) < 4.78 is 5.48. The van der Waals surface area contributed by atoms with Crippen LogP contribution in [0.1, 0.15) is 55.7 Å². The van der Waals surface area contributed by atoms with Crippen LogP contribution >= 0.6 is 0 Å². The second-order valence-corrected chi connectivity index (χ2v) is 6.16. The van der Waals surface area contributed by atoms with E-state index in [9.17, 15) is 0 Å². The molecule has 0 bridgehead atoms. The Labute approximate surface area is 128 Å². The molecule has 1 unspecified atom stereocenters. The fourth-order valence-corrected chi connectivity index (χ4v) is 2.71. The minimum absolute atomic E-state index is 0.219. The summed E-state index contributed by atoms with van der Waals surface area (Å²) in [4.78, 5) is 0. The first kappa shape index (κ1) is 15.8. The third kappa shape index (κ3) is 4.21. The van der Waals surface area contributed by atoms with Gasteiger partial charge in [0.2, 0.25) is 0 Å². The molecule has 1 aromatic carbocycles. The highest BCUT2D eigenvalue weighted by Gasteiger charge is 2.17. The van der Waals surface area contributed by atoms with Gasteiger partial charge in [0, 0.05) is 5.56 Å². The average molecular weight is 285 g/mol. The summed E-state index contributed by atoms with van der Waals surface area (Å²) >= 11 is 0. The van der Waals surface area contributed by atoms with Gasteiger partial charge in [-0.05, 0) is 49.4 Å². The normalized spacial score (nSPS) is 12.8. The van der Waals surface area contributed by atoms with Gasteiger partial charge in [0.25, 0.3) is 0 Å². The maximum Gasteiger partial charge on any atom is 0.105 e. The van der Waals surface area contributed by atoms with Crippen LogP contribution in [0.2, 0.25) is 0 Å². The topological polar surface area (TPSA) is 25.2 Å². The molecular weight excluding hydrogens is 258 g/mol. The highest BCUT2D eigenvalue weighted by molar-refractivity contribution is 5.34. The molecule has 1 atom stereocenters. The van der Waals surface area contributed by atoms with Gasteiger partial charge in [0.1, 0.15) is 5.76 Å². The van der Waals surface area contributed by atoms with Crippen LogP contribution in [0.25, 0.3) is 0 Å². The molecule has 0 aliphatic carbocycles. The molecule has 2 nitrogen and oxygen atoms in total. The minimum Gasteiger partial charge on any atom is -0.469 e. The zero-order valence-electron chi connectivity index (χ0n) is 13.6. The monoisotopic (exact) mass is 285 g/mol. The standard InChI is InChI=1S/C19H27NO/c1-5-11-20-19(18-10-12-21-15(18)4)17-8-6-16(7-9-17)13-14(2)3/h6-10,12,14,19-20H,5,11,13H2,1-4H3. The number of aryl methyl sites for hydroxylation is 1. The summed E-state index contributed by atoms with van der Waals surface area (Å²) in [6, 6.07) is 11.3. The molecule has 1 heterocycles. The Hall–Kier alpha value is -1.54. The van der Waals surface area contributed by atoms with Crippen molar-refractivity contribution in [2.75, 3.05) is 6.54 Å². The average Bonchev–Trinajstić information content (AvgIpc) is 2.87. The Morgan fingerprint density at radius 1 is 1.10 bits per heavy atom. The zero-order chi connectivity index (χ0) is 15.2. The van der Waals surface area contributed by atoms with Crippen molar-refractivity contribution in [2.24, 2.45) is 5.92 Å². The lowest BCUT2D eigenvalue weighted by atomic mass is 9.96. The fraction of sp³-hybridized carbons (Fsp3) is 0.474. The van der Waals surface area contributed by atoms with E-state index in [2.05, 4.69) is 56.4 Å². The van der Waals surface area contributed by atoms with E-state index in [0.717, 1.165) is 25.1 Å². The van der Waals surface area contributed by atoms with E-state index < -0.39 is 0 Å². The van der Waals surface area contributed by atoms with Crippen LogP contribution in [0.15, 0.2) is 41.0 Å². The Balaban J connectivity index is 2.22. The molecule has 0 saturated carbocycles. The van der Waals surface area contributed by atoms with Gasteiger partial charge in [-0.15, -0.1) is 0 Å². The number of hydrogen-bond acceptors (Lipinski definition) is 2. The second kappa shape index (κ2) is 7.46. The number of benzene rings is 1. The molecule has 0 radical (unpaired) electrons. The number of furan rings is 1. The smallest absolute Gasteiger partial charge is 0.105 e. The summed E-state index contributed by atoms with van der Waals surface area (Å²) in [5.74, 6) is 1.69. The number of rotatable bonds is 7. The Morgan fingerprint density at radius 3 is 2.33 bits per heavy atom. The number of nitrogens with one attached hydrogen (secondary N) is 1. The first-order valence-electron chi connectivity index (χ1n) is 7.98. The molecule has 2 heteroatoms. The van der Waals surface area contributed by atoms with Crippen molar-refractivity contribution < 1.29 is 4.42 Å². The largest absolute Gasteiger partial charge is 0.469 e. The molecule has 2 aromatic rings. The van der Waals surface area contributed by atoms with Crippen LogP contribution in [-0.4, -0.2) is 6.54 Å². The van der Waals surface area contributed by atoms with E-state index in [-0.39, 0.29) is 6.04 Å². The summed E-state index contributed by atoms with van der Waals surface area (Å²) in [7, 11) is 0. The fourth-order valence-electron chi connectivity index (χ4n) is 2.71. The highest BCUT2D eigenvalue weighted by Crippen LogP contribution is 2.26. The summed E-state index contributed by atoms with van der Waals surface area (Å²) in [5, 5.41) is 3.63. The molecule has 21 heavy (non-hydrogen) atoms. The van der Waals surface area contributed by atoms with Gasteiger partial charge in [-0.1, -0.05) is 45.0 Å². The SMILES string of the molecule is CCCNC(c1ccc(CC(C)C)cc1)c1ccoc1C. The van der Waals surface area contributed by atoms with E-state index >= 15 is 0 Å². The predicted octanol–water partition coefficient (Wildman–Crippen LogP) is 4.88. The Kier molecular flexibility index (Phi) is 5.63. The van der Waals surface area contributed by atoms with Crippen molar-refractivity contribution in [1.29, 1.82) is 0 Å². The van der Waals surface area contributed by atoms with E-state index in [0.29, 0.717) is 5.92 Å².